The van der Waals surface area contributed by atoms with Crippen LogP contribution in [-0.4, -0.2) is 37.3 Å². The van der Waals surface area contributed by atoms with Gasteiger partial charge in [0.1, 0.15) is 11.5 Å². The molecule has 0 amide bonds. The summed E-state index contributed by atoms with van der Waals surface area (Å²) in [7, 11) is 1.62. The average molecular weight is 408 g/mol. The van der Waals surface area contributed by atoms with Crippen molar-refractivity contribution in [3.63, 3.8) is 0 Å². The van der Waals surface area contributed by atoms with E-state index in [1.54, 1.807) is 7.11 Å². The van der Waals surface area contributed by atoms with Crippen LogP contribution in [0.5, 0.6) is 11.5 Å². The third-order valence-corrected chi connectivity index (χ3v) is 5.72. The van der Waals surface area contributed by atoms with Gasteiger partial charge in [-0.1, -0.05) is 19.1 Å². The van der Waals surface area contributed by atoms with Gasteiger partial charge in [-0.15, -0.1) is 0 Å². The van der Waals surface area contributed by atoms with E-state index in [0.29, 0.717) is 23.7 Å². The fourth-order valence-electron chi connectivity index (χ4n) is 4.08. The Morgan fingerprint density at radius 3 is 2.60 bits per heavy atom. The number of ether oxygens (including phenoxy) is 3. The summed E-state index contributed by atoms with van der Waals surface area (Å²) in [6.45, 7) is 5.23. The number of methoxy groups -OCH3 is 1. The van der Waals surface area contributed by atoms with Gasteiger partial charge in [0.2, 0.25) is 0 Å². The van der Waals surface area contributed by atoms with Crippen LogP contribution >= 0.6 is 0 Å². The van der Waals surface area contributed by atoms with E-state index in [1.807, 2.05) is 48.7 Å². The Kier molecular flexibility index (Phi) is 6.38. The SMILES string of the molecule is CCCOc1cccc2c(C(=O)c3ccc(OC)cc3)cn(CC3CCOCC3)c12. The van der Waals surface area contributed by atoms with Crippen molar-refractivity contribution in [3.05, 3.63) is 59.8 Å². The van der Waals surface area contributed by atoms with E-state index < -0.39 is 0 Å². The standard InChI is InChI=1S/C25H29NO4/c1-3-13-30-23-6-4-5-21-22(25(27)19-7-9-20(28-2)10-8-19)17-26(24(21)23)16-18-11-14-29-15-12-18/h4-10,17-18H,3,11-16H2,1-2H3. The summed E-state index contributed by atoms with van der Waals surface area (Å²) in [4.78, 5) is 13.4. The summed E-state index contributed by atoms with van der Waals surface area (Å²) in [5.41, 5.74) is 2.37. The minimum absolute atomic E-state index is 0.0148. The number of ketones is 1. The number of nitrogens with zero attached hydrogens (tertiary/aromatic N) is 1. The number of hydrogen-bond acceptors (Lipinski definition) is 4. The Morgan fingerprint density at radius 2 is 1.90 bits per heavy atom. The largest absolute Gasteiger partial charge is 0.497 e. The van der Waals surface area contributed by atoms with Crippen molar-refractivity contribution in [3.8, 4) is 11.5 Å². The van der Waals surface area contributed by atoms with Gasteiger partial charge in [0.25, 0.3) is 0 Å². The van der Waals surface area contributed by atoms with E-state index in [0.717, 1.165) is 61.4 Å². The summed E-state index contributed by atoms with van der Waals surface area (Å²) in [5.74, 6) is 2.14. The molecule has 0 spiro atoms. The first-order valence-corrected chi connectivity index (χ1v) is 10.7. The van der Waals surface area contributed by atoms with Gasteiger partial charge in [-0.2, -0.15) is 0 Å². The highest BCUT2D eigenvalue weighted by Gasteiger charge is 2.22. The van der Waals surface area contributed by atoms with E-state index in [-0.39, 0.29) is 5.78 Å². The molecule has 158 valence electrons. The molecule has 1 fully saturated rings. The van der Waals surface area contributed by atoms with Gasteiger partial charge in [-0.3, -0.25) is 4.79 Å². The zero-order chi connectivity index (χ0) is 20.9. The lowest BCUT2D eigenvalue weighted by molar-refractivity contribution is 0.0616. The minimum atomic E-state index is 0.0148. The van der Waals surface area contributed by atoms with Crippen LogP contribution in [0, 0.1) is 5.92 Å². The number of carbonyl (C=O) groups is 1. The summed E-state index contributed by atoms with van der Waals surface area (Å²) in [6, 6.07) is 13.3. The van der Waals surface area contributed by atoms with Gasteiger partial charge < -0.3 is 18.8 Å². The smallest absolute Gasteiger partial charge is 0.195 e. The molecule has 1 aliphatic rings. The first-order chi connectivity index (χ1) is 14.7. The van der Waals surface area contributed by atoms with Gasteiger partial charge in [0.05, 0.1) is 19.2 Å². The highest BCUT2D eigenvalue weighted by Crippen LogP contribution is 2.33. The van der Waals surface area contributed by atoms with Gasteiger partial charge in [-0.25, -0.2) is 0 Å². The molecule has 0 N–H and O–H groups in total. The Bertz CT molecular complexity index is 1000. The Hall–Kier alpha value is -2.79. The monoisotopic (exact) mass is 407 g/mol. The van der Waals surface area contributed by atoms with Crippen LogP contribution in [-0.2, 0) is 11.3 Å². The lowest BCUT2D eigenvalue weighted by Gasteiger charge is -2.23. The first kappa shape index (κ1) is 20.5. The van der Waals surface area contributed by atoms with E-state index in [1.165, 1.54) is 0 Å². The van der Waals surface area contributed by atoms with Gasteiger partial charge in [0.15, 0.2) is 5.78 Å². The molecule has 0 unspecified atom stereocenters. The maximum atomic E-state index is 13.4. The number of aromatic nitrogens is 1. The van der Waals surface area contributed by atoms with Gasteiger partial charge >= 0.3 is 0 Å². The van der Waals surface area contributed by atoms with Crippen molar-refractivity contribution in [1.82, 2.24) is 4.57 Å². The normalized spacial score (nSPS) is 14.7. The van der Waals surface area contributed by atoms with Crippen LogP contribution in [0.4, 0.5) is 0 Å². The molecule has 2 heterocycles. The van der Waals surface area contributed by atoms with Crippen LogP contribution in [0.3, 0.4) is 0 Å². The number of benzene rings is 2. The van der Waals surface area contributed by atoms with Crippen LogP contribution in [0.15, 0.2) is 48.7 Å². The van der Waals surface area contributed by atoms with Gasteiger partial charge in [-0.05, 0) is 55.5 Å². The molecule has 0 bridgehead atoms. The second kappa shape index (κ2) is 9.35. The number of fused-ring (bicyclic) bond motifs is 1. The first-order valence-electron chi connectivity index (χ1n) is 10.7. The molecule has 30 heavy (non-hydrogen) atoms. The molecular formula is C25H29NO4. The number of hydrogen-bond donors (Lipinski definition) is 0. The topological polar surface area (TPSA) is 49.7 Å². The molecule has 1 aliphatic heterocycles. The molecule has 3 aromatic rings. The van der Waals surface area contributed by atoms with Crippen molar-refractivity contribution in [2.24, 2.45) is 5.92 Å². The van der Waals surface area contributed by atoms with Crippen LogP contribution in [0.1, 0.15) is 42.1 Å². The molecule has 0 saturated carbocycles. The highest BCUT2D eigenvalue weighted by atomic mass is 16.5. The predicted molar refractivity (Wildman–Crippen MR) is 118 cm³/mol. The maximum absolute atomic E-state index is 13.4. The van der Waals surface area contributed by atoms with Crippen LogP contribution in [0.25, 0.3) is 10.9 Å². The van der Waals surface area contributed by atoms with Crippen molar-refractivity contribution in [1.29, 1.82) is 0 Å². The minimum Gasteiger partial charge on any atom is -0.497 e. The second-order valence-electron chi connectivity index (χ2n) is 7.81. The summed E-state index contributed by atoms with van der Waals surface area (Å²) in [6.07, 6.45) is 5.03. The van der Waals surface area contributed by atoms with E-state index in [4.69, 9.17) is 14.2 Å². The molecule has 0 radical (unpaired) electrons. The molecule has 5 nitrogen and oxygen atoms in total. The van der Waals surface area contributed by atoms with Crippen molar-refractivity contribution < 1.29 is 19.0 Å². The molecule has 0 atom stereocenters. The zero-order valence-corrected chi connectivity index (χ0v) is 17.7. The fraction of sp³-hybridized carbons (Fsp3) is 0.400. The van der Waals surface area contributed by atoms with Crippen LogP contribution < -0.4 is 9.47 Å². The van der Waals surface area contributed by atoms with E-state index >= 15 is 0 Å². The third-order valence-electron chi connectivity index (χ3n) is 5.72. The van der Waals surface area contributed by atoms with E-state index in [9.17, 15) is 4.79 Å². The van der Waals surface area contributed by atoms with Crippen molar-refractivity contribution in [2.75, 3.05) is 26.9 Å². The zero-order valence-electron chi connectivity index (χ0n) is 17.7. The number of para-hydroxylation sites is 1. The lowest BCUT2D eigenvalue weighted by Crippen LogP contribution is -2.20. The van der Waals surface area contributed by atoms with Crippen molar-refractivity contribution in [2.45, 2.75) is 32.7 Å². The Labute approximate surface area is 177 Å². The molecule has 4 rings (SSSR count). The fourth-order valence-corrected chi connectivity index (χ4v) is 4.08. The van der Waals surface area contributed by atoms with E-state index in [2.05, 4.69) is 11.5 Å². The molecule has 1 aromatic heterocycles. The number of rotatable bonds is 8. The summed E-state index contributed by atoms with van der Waals surface area (Å²) >= 11 is 0. The van der Waals surface area contributed by atoms with Crippen molar-refractivity contribution >= 4 is 16.7 Å². The molecular weight excluding hydrogens is 378 g/mol. The second-order valence-corrected chi connectivity index (χ2v) is 7.81. The average Bonchev–Trinajstić information content (AvgIpc) is 3.17. The Morgan fingerprint density at radius 1 is 1.13 bits per heavy atom. The Balaban J connectivity index is 1.75. The molecule has 2 aromatic carbocycles. The molecule has 0 aliphatic carbocycles. The summed E-state index contributed by atoms with van der Waals surface area (Å²) < 4.78 is 19.0. The third kappa shape index (κ3) is 4.21. The van der Waals surface area contributed by atoms with Crippen LogP contribution in [0.2, 0.25) is 0 Å². The quantitative estimate of drug-likeness (QED) is 0.488. The molecule has 5 heteroatoms. The summed E-state index contributed by atoms with van der Waals surface area (Å²) in [5, 5.41) is 0.941. The highest BCUT2D eigenvalue weighted by molar-refractivity contribution is 6.17. The number of carbonyl (C=O) groups excluding carboxylic acids is 1. The lowest BCUT2D eigenvalue weighted by atomic mass is 10.0. The predicted octanol–water partition coefficient (Wildman–Crippen LogP) is 5.10. The van der Waals surface area contributed by atoms with Gasteiger partial charge in [0, 0.05) is 42.5 Å². The molecule has 1 saturated heterocycles. The maximum Gasteiger partial charge on any atom is 0.195 e.